The van der Waals surface area contributed by atoms with E-state index in [2.05, 4.69) is 10.2 Å². The van der Waals surface area contributed by atoms with E-state index >= 15 is 0 Å². The molecular formula is C11H13N3O2S. The molecule has 0 fully saturated rings. The molecule has 0 atom stereocenters. The molecule has 0 saturated carbocycles. The lowest BCUT2D eigenvalue weighted by Gasteiger charge is -2.04. The summed E-state index contributed by atoms with van der Waals surface area (Å²) in [5, 5.41) is 6.04. The van der Waals surface area contributed by atoms with Gasteiger partial charge in [-0.15, -0.1) is 0 Å². The number of nitrogen functional groups attached to an aromatic ring is 1. The van der Waals surface area contributed by atoms with Gasteiger partial charge in [-0.25, -0.2) is 8.42 Å². The van der Waals surface area contributed by atoms with Crippen molar-refractivity contribution < 1.29 is 8.42 Å². The molecule has 17 heavy (non-hydrogen) atoms. The molecule has 0 aliphatic carbocycles. The summed E-state index contributed by atoms with van der Waals surface area (Å²) in [6.45, 7) is 1.92. The SMILES string of the molecule is Cc1cccc(CS(=O)(=O)c2cn[nH]c2N)c1. The van der Waals surface area contributed by atoms with Crippen molar-refractivity contribution in [2.45, 2.75) is 17.6 Å². The van der Waals surface area contributed by atoms with Gasteiger partial charge in [0, 0.05) is 0 Å². The van der Waals surface area contributed by atoms with Gasteiger partial charge in [0.05, 0.1) is 11.9 Å². The molecule has 5 nitrogen and oxygen atoms in total. The molecule has 0 amide bonds. The van der Waals surface area contributed by atoms with Gasteiger partial charge in [-0.05, 0) is 12.5 Å². The number of aromatic amines is 1. The predicted octanol–water partition coefficient (Wildman–Crippen LogP) is 1.27. The lowest BCUT2D eigenvalue weighted by molar-refractivity contribution is 0.595. The maximum Gasteiger partial charge on any atom is 0.187 e. The van der Waals surface area contributed by atoms with Crippen molar-refractivity contribution >= 4 is 15.7 Å². The third-order valence-corrected chi connectivity index (χ3v) is 4.12. The summed E-state index contributed by atoms with van der Waals surface area (Å²) < 4.78 is 24.1. The maximum atomic E-state index is 12.1. The van der Waals surface area contributed by atoms with E-state index in [1.54, 1.807) is 6.07 Å². The van der Waals surface area contributed by atoms with Gasteiger partial charge in [0.1, 0.15) is 10.7 Å². The standard InChI is InChI=1S/C11H13N3O2S/c1-8-3-2-4-9(5-8)7-17(15,16)10-6-13-14-11(10)12/h2-6H,7H2,1H3,(H3,12,13,14). The average Bonchev–Trinajstić information content (AvgIpc) is 2.64. The van der Waals surface area contributed by atoms with Crippen LogP contribution >= 0.6 is 0 Å². The number of hydrogen-bond acceptors (Lipinski definition) is 4. The Hall–Kier alpha value is -1.82. The van der Waals surface area contributed by atoms with Crippen molar-refractivity contribution in [3.63, 3.8) is 0 Å². The number of nitrogens with zero attached hydrogens (tertiary/aromatic N) is 1. The van der Waals surface area contributed by atoms with Crippen LogP contribution in [-0.2, 0) is 15.6 Å². The predicted molar refractivity (Wildman–Crippen MR) is 65.1 cm³/mol. The molecule has 0 unspecified atom stereocenters. The number of hydrogen-bond donors (Lipinski definition) is 2. The summed E-state index contributed by atoms with van der Waals surface area (Å²) in [6, 6.07) is 7.37. The third-order valence-electron chi connectivity index (χ3n) is 2.41. The van der Waals surface area contributed by atoms with E-state index in [-0.39, 0.29) is 16.5 Å². The Bertz CT molecular complexity index is 632. The van der Waals surface area contributed by atoms with Crippen molar-refractivity contribution in [3.05, 3.63) is 41.6 Å². The van der Waals surface area contributed by atoms with E-state index in [4.69, 9.17) is 5.73 Å². The lowest BCUT2D eigenvalue weighted by Crippen LogP contribution is -2.06. The topological polar surface area (TPSA) is 88.8 Å². The number of aromatic nitrogens is 2. The monoisotopic (exact) mass is 251 g/mol. The molecular weight excluding hydrogens is 238 g/mol. The molecule has 0 bridgehead atoms. The van der Waals surface area contributed by atoms with E-state index in [0.29, 0.717) is 0 Å². The highest BCUT2D eigenvalue weighted by Crippen LogP contribution is 2.20. The van der Waals surface area contributed by atoms with E-state index in [9.17, 15) is 8.42 Å². The highest BCUT2D eigenvalue weighted by atomic mass is 32.2. The van der Waals surface area contributed by atoms with Crippen molar-refractivity contribution in [2.24, 2.45) is 0 Å². The summed E-state index contributed by atoms with van der Waals surface area (Å²) in [5.41, 5.74) is 7.28. The zero-order valence-electron chi connectivity index (χ0n) is 9.34. The van der Waals surface area contributed by atoms with Crippen LogP contribution in [0.5, 0.6) is 0 Å². The zero-order chi connectivity index (χ0) is 12.5. The maximum absolute atomic E-state index is 12.1. The summed E-state index contributed by atoms with van der Waals surface area (Å²) in [7, 11) is -3.44. The molecule has 3 N–H and O–H groups in total. The number of nitrogens with two attached hydrogens (primary N) is 1. The van der Waals surface area contributed by atoms with Crippen molar-refractivity contribution in [1.82, 2.24) is 10.2 Å². The minimum absolute atomic E-state index is 0.0546. The Morgan fingerprint density at radius 1 is 1.41 bits per heavy atom. The number of H-pyrrole nitrogens is 1. The van der Waals surface area contributed by atoms with Gasteiger partial charge in [0.15, 0.2) is 9.84 Å². The summed E-state index contributed by atoms with van der Waals surface area (Å²) in [5.74, 6) is 0.0101. The lowest BCUT2D eigenvalue weighted by atomic mass is 10.2. The van der Waals surface area contributed by atoms with Crippen LogP contribution < -0.4 is 5.73 Å². The van der Waals surface area contributed by atoms with Gasteiger partial charge >= 0.3 is 0 Å². The van der Waals surface area contributed by atoms with Gasteiger partial charge < -0.3 is 5.73 Å². The molecule has 0 aliphatic rings. The van der Waals surface area contributed by atoms with Crippen LogP contribution in [0.15, 0.2) is 35.4 Å². The Morgan fingerprint density at radius 2 is 2.18 bits per heavy atom. The summed E-state index contributed by atoms with van der Waals surface area (Å²) in [4.78, 5) is 0.0546. The molecule has 6 heteroatoms. The van der Waals surface area contributed by atoms with Crippen LogP contribution in [0.2, 0.25) is 0 Å². The van der Waals surface area contributed by atoms with Gasteiger partial charge in [-0.2, -0.15) is 5.10 Å². The summed E-state index contributed by atoms with van der Waals surface area (Å²) in [6.07, 6.45) is 1.24. The van der Waals surface area contributed by atoms with Crippen molar-refractivity contribution in [3.8, 4) is 0 Å². The van der Waals surface area contributed by atoms with E-state index < -0.39 is 9.84 Å². The molecule has 0 saturated heterocycles. The van der Waals surface area contributed by atoms with Crippen LogP contribution in [-0.4, -0.2) is 18.6 Å². The third kappa shape index (κ3) is 2.47. The van der Waals surface area contributed by atoms with E-state index in [0.717, 1.165) is 11.1 Å². The molecule has 1 aromatic heterocycles. The Morgan fingerprint density at radius 3 is 2.76 bits per heavy atom. The minimum Gasteiger partial charge on any atom is -0.383 e. The van der Waals surface area contributed by atoms with E-state index in [1.165, 1.54) is 6.20 Å². The Labute approximate surface area is 99.6 Å². The first kappa shape index (κ1) is 11.7. The number of anilines is 1. The van der Waals surface area contributed by atoms with Gasteiger partial charge in [-0.1, -0.05) is 29.8 Å². The van der Waals surface area contributed by atoms with Crippen LogP contribution in [0.3, 0.4) is 0 Å². The van der Waals surface area contributed by atoms with Crippen LogP contribution in [0.1, 0.15) is 11.1 Å². The van der Waals surface area contributed by atoms with Gasteiger partial charge in [0.2, 0.25) is 0 Å². The molecule has 90 valence electrons. The molecule has 0 aliphatic heterocycles. The molecule has 0 radical (unpaired) electrons. The van der Waals surface area contributed by atoms with Gasteiger partial charge in [0.25, 0.3) is 0 Å². The van der Waals surface area contributed by atoms with Crippen LogP contribution in [0, 0.1) is 6.92 Å². The molecule has 1 heterocycles. The molecule has 0 spiro atoms. The number of benzene rings is 1. The highest BCUT2D eigenvalue weighted by Gasteiger charge is 2.19. The molecule has 2 rings (SSSR count). The van der Waals surface area contributed by atoms with Crippen molar-refractivity contribution in [2.75, 3.05) is 5.73 Å². The van der Waals surface area contributed by atoms with E-state index in [1.807, 2.05) is 25.1 Å². The number of nitrogens with one attached hydrogen (secondary N) is 1. The largest absolute Gasteiger partial charge is 0.383 e. The minimum atomic E-state index is -3.44. The highest BCUT2D eigenvalue weighted by molar-refractivity contribution is 7.90. The fourth-order valence-corrected chi connectivity index (χ4v) is 3.00. The van der Waals surface area contributed by atoms with Crippen LogP contribution in [0.4, 0.5) is 5.82 Å². The second-order valence-corrected chi connectivity index (χ2v) is 5.85. The second kappa shape index (κ2) is 4.21. The van der Waals surface area contributed by atoms with Crippen molar-refractivity contribution in [1.29, 1.82) is 0 Å². The number of sulfone groups is 1. The first-order valence-electron chi connectivity index (χ1n) is 5.06. The zero-order valence-corrected chi connectivity index (χ0v) is 10.2. The quantitative estimate of drug-likeness (QED) is 0.859. The first-order valence-corrected chi connectivity index (χ1v) is 6.71. The first-order chi connectivity index (χ1) is 7.99. The fourth-order valence-electron chi connectivity index (χ4n) is 1.63. The smallest absolute Gasteiger partial charge is 0.187 e. The average molecular weight is 251 g/mol. The Kier molecular flexibility index (Phi) is 2.89. The molecule has 2 aromatic rings. The fraction of sp³-hybridized carbons (Fsp3) is 0.182. The number of aryl methyl sites for hydroxylation is 1. The summed E-state index contributed by atoms with van der Waals surface area (Å²) >= 11 is 0. The second-order valence-electron chi connectivity index (χ2n) is 3.90. The van der Waals surface area contributed by atoms with Crippen LogP contribution in [0.25, 0.3) is 0 Å². The molecule has 1 aromatic carbocycles. The normalized spacial score (nSPS) is 11.6. The van der Waals surface area contributed by atoms with Gasteiger partial charge in [-0.3, -0.25) is 5.10 Å². The Balaban J connectivity index is 2.33. The number of rotatable bonds is 3.